The number of H-pyrrole nitrogens is 1. The molecule has 13 heavy (non-hydrogen) atoms. The number of rotatable bonds is 3. The molecule has 0 fully saturated rings. The molecule has 0 aliphatic heterocycles. The van der Waals surface area contributed by atoms with Gasteiger partial charge in [-0.25, -0.2) is 4.79 Å². The molecule has 0 saturated carbocycles. The molecular weight excluding hydrogens is 186 g/mol. The van der Waals surface area contributed by atoms with E-state index in [4.69, 9.17) is 17.3 Å². The number of hydrogen-bond acceptors (Lipinski definition) is 2. The summed E-state index contributed by atoms with van der Waals surface area (Å²) in [5.74, 6) is -0.955. The Morgan fingerprint density at radius 1 is 1.69 bits per heavy atom. The quantitative estimate of drug-likeness (QED) is 0.574. The predicted octanol–water partition coefficient (Wildman–Crippen LogP) is 2.17. The number of carboxylic acids is 1. The van der Waals surface area contributed by atoms with Crippen molar-refractivity contribution < 1.29 is 9.90 Å². The van der Waals surface area contributed by atoms with Crippen molar-refractivity contribution >= 4 is 18.2 Å². The van der Waals surface area contributed by atoms with Gasteiger partial charge in [0, 0.05) is 12.1 Å². The molecule has 0 saturated heterocycles. The Labute approximate surface area is 80.7 Å². The van der Waals surface area contributed by atoms with Crippen LogP contribution in [0, 0.1) is 4.64 Å². The Morgan fingerprint density at radius 2 is 2.38 bits per heavy atom. The van der Waals surface area contributed by atoms with E-state index in [9.17, 15) is 4.79 Å². The Bertz CT molecular complexity index is 395. The third kappa shape index (κ3) is 2.26. The average molecular weight is 195 g/mol. The molecule has 0 aliphatic rings. The average Bonchev–Trinajstić information content (AvgIpc) is 2.04. The second-order valence-electron chi connectivity index (χ2n) is 2.51. The molecule has 2 N–H and O–H groups in total. The lowest BCUT2D eigenvalue weighted by molar-refractivity contribution is 0.0695. The van der Waals surface area contributed by atoms with Crippen molar-refractivity contribution in [2.45, 2.75) is 6.42 Å². The molecule has 0 aromatic carbocycles. The van der Waals surface area contributed by atoms with Crippen molar-refractivity contribution in [3.63, 3.8) is 0 Å². The molecule has 0 bridgehead atoms. The van der Waals surface area contributed by atoms with Crippen LogP contribution in [0.3, 0.4) is 0 Å². The zero-order valence-electron chi connectivity index (χ0n) is 6.91. The van der Waals surface area contributed by atoms with E-state index in [2.05, 4.69) is 11.6 Å². The number of carbonyl (C=O) groups is 1. The summed E-state index contributed by atoms with van der Waals surface area (Å²) in [5.41, 5.74) is 0.837. The molecule has 1 aromatic rings. The first-order valence-corrected chi connectivity index (χ1v) is 4.12. The largest absolute Gasteiger partial charge is 0.478 e. The second kappa shape index (κ2) is 4.00. The first kappa shape index (κ1) is 9.67. The minimum Gasteiger partial charge on any atom is -0.478 e. The predicted molar refractivity (Wildman–Crippen MR) is 52.5 cm³/mol. The molecule has 1 aromatic heterocycles. The minimum absolute atomic E-state index is 0.244. The highest BCUT2D eigenvalue weighted by Crippen LogP contribution is 2.07. The van der Waals surface area contributed by atoms with E-state index in [0.717, 1.165) is 0 Å². The van der Waals surface area contributed by atoms with Gasteiger partial charge < -0.3 is 10.1 Å². The van der Waals surface area contributed by atoms with E-state index in [0.29, 0.717) is 16.8 Å². The van der Waals surface area contributed by atoms with Crippen molar-refractivity contribution in [2.75, 3.05) is 0 Å². The van der Waals surface area contributed by atoms with E-state index in [-0.39, 0.29) is 5.56 Å². The monoisotopic (exact) mass is 195 g/mol. The summed E-state index contributed by atoms with van der Waals surface area (Å²) < 4.78 is 0.529. The van der Waals surface area contributed by atoms with Crippen molar-refractivity contribution in [1.29, 1.82) is 0 Å². The van der Waals surface area contributed by atoms with Crippen LogP contribution in [0.4, 0.5) is 0 Å². The van der Waals surface area contributed by atoms with Crippen LogP contribution in [-0.4, -0.2) is 16.1 Å². The number of aromatic nitrogens is 1. The summed E-state index contributed by atoms with van der Waals surface area (Å²) >= 11 is 4.88. The molecule has 0 spiro atoms. The van der Waals surface area contributed by atoms with Crippen molar-refractivity contribution in [3.05, 3.63) is 40.7 Å². The highest BCUT2D eigenvalue weighted by atomic mass is 32.1. The van der Waals surface area contributed by atoms with Crippen LogP contribution in [-0.2, 0) is 6.42 Å². The topological polar surface area (TPSA) is 53.1 Å². The van der Waals surface area contributed by atoms with Gasteiger partial charge in [-0.05, 0) is 12.1 Å². The maximum atomic E-state index is 10.7. The second-order valence-corrected chi connectivity index (χ2v) is 2.95. The van der Waals surface area contributed by atoms with Crippen molar-refractivity contribution in [1.82, 2.24) is 4.98 Å². The van der Waals surface area contributed by atoms with Gasteiger partial charge in [-0.2, -0.15) is 0 Å². The fraction of sp³-hybridized carbons (Fsp3) is 0.111. The molecule has 0 unspecified atom stereocenters. The van der Waals surface area contributed by atoms with E-state index in [1.807, 2.05) is 0 Å². The number of pyridine rings is 1. The molecular formula is C9H9NO2S. The van der Waals surface area contributed by atoms with Gasteiger partial charge in [0.1, 0.15) is 4.64 Å². The molecule has 0 atom stereocenters. The summed E-state index contributed by atoms with van der Waals surface area (Å²) in [7, 11) is 0. The summed E-state index contributed by atoms with van der Waals surface area (Å²) in [5, 5.41) is 8.79. The fourth-order valence-electron chi connectivity index (χ4n) is 1.02. The number of allylic oxidation sites excluding steroid dienone is 1. The van der Waals surface area contributed by atoms with Gasteiger partial charge in [0.15, 0.2) is 0 Å². The SMILES string of the molecule is C=CCc1[nH]c(=S)ccc1C(=O)O. The van der Waals surface area contributed by atoms with E-state index >= 15 is 0 Å². The van der Waals surface area contributed by atoms with E-state index in [1.165, 1.54) is 6.07 Å². The molecule has 4 heteroatoms. The lowest BCUT2D eigenvalue weighted by atomic mass is 10.1. The zero-order valence-corrected chi connectivity index (χ0v) is 7.73. The third-order valence-corrected chi connectivity index (χ3v) is 1.82. The van der Waals surface area contributed by atoms with Gasteiger partial charge in [0.25, 0.3) is 0 Å². The number of hydrogen-bond donors (Lipinski definition) is 2. The van der Waals surface area contributed by atoms with Crippen LogP contribution >= 0.6 is 12.2 Å². The smallest absolute Gasteiger partial charge is 0.337 e. The van der Waals surface area contributed by atoms with Gasteiger partial charge in [0.2, 0.25) is 0 Å². The van der Waals surface area contributed by atoms with Crippen LogP contribution in [0.15, 0.2) is 24.8 Å². The number of carboxylic acid groups (broad SMARTS) is 1. The zero-order chi connectivity index (χ0) is 9.84. The summed E-state index contributed by atoms with van der Waals surface area (Å²) in [6.45, 7) is 3.54. The van der Waals surface area contributed by atoms with Crippen molar-refractivity contribution in [3.8, 4) is 0 Å². The van der Waals surface area contributed by atoms with Crippen LogP contribution in [0.2, 0.25) is 0 Å². The van der Waals surface area contributed by atoms with Crippen LogP contribution < -0.4 is 0 Å². The van der Waals surface area contributed by atoms with Gasteiger partial charge in [-0.3, -0.25) is 0 Å². The van der Waals surface area contributed by atoms with Crippen LogP contribution in [0.1, 0.15) is 16.1 Å². The van der Waals surface area contributed by atoms with Gasteiger partial charge in [0.05, 0.1) is 5.56 Å². The number of aromatic amines is 1. The molecule has 1 rings (SSSR count). The van der Waals surface area contributed by atoms with E-state index < -0.39 is 5.97 Å². The van der Waals surface area contributed by atoms with Crippen molar-refractivity contribution in [2.24, 2.45) is 0 Å². The first-order chi connectivity index (χ1) is 6.15. The normalized spacial score (nSPS) is 9.54. The lowest BCUT2D eigenvalue weighted by Gasteiger charge is -2.02. The fourth-order valence-corrected chi connectivity index (χ4v) is 1.21. The molecule has 0 radical (unpaired) electrons. The third-order valence-electron chi connectivity index (χ3n) is 1.58. The highest BCUT2D eigenvalue weighted by Gasteiger charge is 2.07. The molecule has 68 valence electrons. The lowest BCUT2D eigenvalue weighted by Crippen LogP contribution is -2.03. The minimum atomic E-state index is -0.955. The highest BCUT2D eigenvalue weighted by molar-refractivity contribution is 7.71. The molecule has 0 amide bonds. The van der Waals surface area contributed by atoms with Gasteiger partial charge in [-0.15, -0.1) is 6.58 Å². The van der Waals surface area contributed by atoms with Gasteiger partial charge in [-0.1, -0.05) is 18.3 Å². The molecule has 0 aliphatic carbocycles. The maximum Gasteiger partial charge on any atom is 0.337 e. The Kier molecular flexibility index (Phi) is 2.97. The summed E-state index contributed by atoms with van der Waals surface area (Å²) in [4.78, 5) is 13.5. The summed E-state index contributed by atoms with van der Waals surface area (Å²) in [6.07, 6.45) is 2.11. The molecule has 3 nitrogen and oxygen atoms in total. The number of aromatic carboxylic acids is 1. The first-order valence-electron chi connectivity index (χ1n) is 3.71. The Hall–Kier alpha value is -1.42. The maximum absolute atomic E-state index is 10.7. The summed E-state index contributed by atoms with van der Waals surface area (Å²) in [6, 6.07) is 3.06. The van der Waals surface area contributed by atoms with Crippen LogP contribution in [0.25, 0.3) is 0 Å². The van der Waals surface area contributed by atoms with E-state index in [1.54, 1.807) is 12.1 Å². The molecule has 1 heterocycles. The Morgan fingerprint density at radius 3 is 2.92 bits per heavy atom. The number of nitrogens with one attached hydrogen (secondary N) is 1. The van der Waals surface area contributed by atoms with Gasteiger partial charge >= 0.3 is 5.97 Å². The van der Waals surface area contributed by atoms with Crippen LogP contribution in [0.5, 0.6) is 0 Å². The Balaban J connectivity index is 3.25. The standard InChI is InChI=1S/C9H9NO2S/c1-2-3-7-6(9(11)12)4-5-8(13)10-7/h2,4-5H,1,3H2,(H,10,13)(H,11,12).